The molecule has 2 unspecified atom stereocenters. The van der Waals surface area contributed by atoms with Crippen molar-refractivity contribution in [2.45, 2.75) is 44.4 Å². The average molecular weight is 314 g/mol. The summed E-state index contributed by atoms with van der Waals surface area (Å²) >= 11 is 3.54. The predicted molar refractivity (Wildman–Crippen MR) is 76.7 cm³/mol. The monoisotopic (exact) mass is 313 g/mol. The molecule has 4 heteroatoms. The van der Waals surface area contributed by atoms with E-state index in [2.05, 4.69) is 20.8 Å². The van der Waals surface area contributed by atoms with Gasteiger partial charge in [-0.1, -0.05) is 18.9 Å². The van der Waals surface area contributed by atoms with Gasteiger partial charge in [0.1, 0.15) is 0 Å². The van der Waals surface area contributed by atoms with E-state index in [9.17, 15) is 5.11 Å². The zero-order chi connectivity index (χ0) is 13.1. The van der Waals surface area contributed by atoms with Crippen LogP contribution in [-0.2, 0) is 6.61 Å². The Labute approximate surface area is 117 Å². The third kappa shape index (κ3) is 2.87. The molecule has 0 spiro atoms. The summed E-state index contributed by atoms with van der Waals surface area (Å²) in [6.07, 6.45) is 3.98. The minimum atomic E-state index is -0.242. The minimum Gasteiger partial charge on any atom is -0.392 e. The van der Waals surface area contributed by atoms with Crippen LogP contribution in [0.25, 0.3) is 0 Å². The van der Waals surface area contributed by atoms with Crippen molar-refractivity contribution in [3.63, 3.8) is 0 Å². The first kappa shape index (κ1) is 13.8. The molecule has 1 saturated carbocycles. The number of aliphatic hydroxyl groups is 2. The molecule has 3 nitrogen and oxygen atoms in total. The average Bonchev–Trinajstić information content (AvgIpc) is 2.38. The van der Waals surface area contributed by atoms with Crippen LogP contribution in [0.4, 0.5) is 5.69 Å². The van der Waals surface area contributed by atoms with E-state index in [1.807, 2.05) is 25.2 Å². The maximum absolute atomic E-state index is 10.1. The molecule has 0 radical (unpaired) electrons. The van der Waals surface area contributed by atoms with Crippen molar-refractivity contribution >= 4 is 21.6 Å². The Morgan fingerprint density at radius 1 is 1.33 bits per heavy atom. The van der Waals surface area contributed by atoms with Crippen molar-refractivity contribution < 1.29 is 10.2 Å². The van der Waals surface area contributed by atoms with E-state index >= 15 is 0 Å². The first-order chi connectivity index (χ1) is 8.63. The van der Waals surface area contributed by atoms with E-state index in [0.717, 1.165) is 35.0 Å². The van der Waals surface area contributed by atoms with Crippen molar-refractivity contribution in [2.24, 2.45) is 0 Å². The second kappa shape index (κ2) is 6.04. The van der Waals surface area contributed by atoms with Gasteiger partial charge in [-0.05, 0) is 46.5 Å². The number of hydrogen-bond donors (Lipinski definition) is 2. The Bertz CT molecular complexity index is 411. The first-order valence-corrected chi connectivity index (χ1v) is 7.23. The Balaban J connectivity index is 2.19. The van der Waals surface area contributed by atoms with Crippen LogP contribution >= 0.6 is 15.9 Å². The van der Waals surface area contributed by atoms with Crippen molar-refractivity contribution in [1.82, 2.24) is 0 Å². The Morgan fingerprint density at radius 3 is 2.67 bits per heavy atom. The smallest absolute Gasteiger partial charge is 0.0743 e. The van der Waals surface area contributed by atoms with Gasteiger partial charge < -0.3 is 15.1 Å². The molecule has 2 rings (SSSR count). The Kier molecular flexibility index (Phi) is 4.65. The fourth-order valence-electron chi connectivity index (χ4n) is 2.66. The van der Waals surface area contributed by atoms with E-state index in [0.29, 0.717) is 0 Å². The standard InChI is InChI=1S/C14H20BrNO2/c1-16(13-4-2-3-5-14(13)18)12-7-6-10(9-17)8-11(12)15/h6-8,13-14,17-18H,2-5,9H2,1H3. The molecular weight excluding hydrogens is 294 g/mol. The van der Waals surface area contributed by atoms with Gasteiger partial charge in [0.25, 0.3) is 0 Å². The third-order valence-electron chi connectivity index (χ3n) is 3.77. The quantitative estimate of drug-likeness (QED) is 0.901. The van der Waals surface area contributed by atoms with Gasteiger partial charge in [-0.15, -0.1) is 0 Å². The van der Waals surface area contributed by atoms with Crippen LogP contribution in [0.15, 0.2) is 22.7 Å². The molecule has 0 amide bonds. The van der Waals surface area contributed by atoms with Gasteiger partial charge in [0.15, 0.2) is 0 Å². The molecule has 0 aromatic heterocycles. The number of likely N-dealkylation sites (N-methyl/N-ethyl adjacent to an activating group) is 1. The van der Waals surface area contributed by atoms with Crippen molar-refractivity contribution in [1.29, 1.82) is 0 Å². The van der Waals surface area contributed by atoms with E-state index in [-0.39, 0.29) is 18.8 Å². The van der Waals surface area contributed by atoms with Gasteiger partial charge in [-0.25, -0.2) is 0 Å². The highest BCUT2D eigenvalue weighted by Gasteiger charge is 2.27. The summed E-state index contributed by atoms with van der Waals surface area (Å²) in [6, 6.07) is 6.04. The number of aliphatic hydroxyl groups excluding tert-OH is 2. The number of halogens is 1. The van der Waals surface area contributed by atoms with Gasteiger partial charge in [0.05, 0.1) is 24.4 Å². The summed E-state index contributed by atoms with van der Waals surface area (Å²) in [5.74, 6) is 0. The van der Waals surface area contributed by atoms with Gasteiger partial charge in [0, 0.05) is 11.5 Å². The molecule has 100 valence electrons. The van der Waals surface area contributed by atoms with Gasteiger partial charge in [-0.2, -0.15) is 0 Å². The lowest BCUT2D eigenvalue weighted by Crippen LogP contribution is -2.43. The zero-order valence-electron chi connectivity index (χ0n) is 10.6. The normalized spacial score (nSPS) is 24.0. The van der Waals surface area contributed by atoms with E-state index in [4.69, 9.17) is 5.11 Å². The topological polar surface area (TPSA) is 43.7 Å². The SMILES string of the molecule is CN(c1ccc(CO)cc1Br)C1CCCCC1O. The summed E-state index contributed by atoms with van der Waals surface area (Å²) in [6.45, 7) is 0.0502. The molecule has 0 saturated heterocycles. The molecule has 1 aromatic rings. The maximum Gasteiger partial charge on any atom is 0.0743 e. The van der Waals surface area contributed by atoms with E-state index < -0.39 is 0 Å². The highest BCUT2D eigenvalue weighted by Crippen LogP contribution is 2.32. The van der Waals surface area contributed by atoms with Gasteiger partial charge >= 0.3 is 0 Å². The fourth-order valence-corrected chi connectivity index (χ4v) is 3.36. The molecular formula is C14H20BrNO2. The molecule has 0 bridgehead atoms. The van der Waals surface area contributed by atoms with E-state index in [1.54, 1.807) is 0 Å². The van der Waals surface area contributed by atoms with Crippen LogP contribution in [-0.4, -0.2) is 29.4 Å². The summed E-state index contributed by atoms with van der Waals surface area (Å²) in [5.41, 5.74) is 1.96. The van der Waals surface area contributed by atoms with E-state index in [1.165, 1.54) is 6.42 Å². The summed E-state index contributed by atoms with van der Waals surface area (Å²) in [5, 5.41) is 19.2. The molecule has 18 heavy (non-hydrogen) atoms. The molecule has 2 atom stereocenters. The van der Waals surface area contributed by atoms with Crippen LogP contribution in [0.1, 0.15) is 31.2 Å². The van der Waals surface area contributed by atoms with Crippen molar-refractivity contribution in [2.75, 3.05) is 11.9 Å². The van der Waals surface area contributed by atoms with Crippen LogP contribution < -0.4 is 4.90 Å². The molecule has 1 aliphatic rings. The fraction of sp³-hybridized carbons (Fsp3) is 0.571. The van der Waals surface area contributed by atoms with Gasteiger partial charge in [0.2, 0.25) is 0 Å². The first-order valence-electron chi connectivity index (χ1n) is 6.43. The number of nitrogens with zero attached hydrogens (tertiary/aromatic N) is 1. The lowest BCUT2D eigenvalue weighted by molar-refractivity contribution is 0.106. The second-order valence-corrected chi connectivity index (χ2v) is 5.83. The lowest BCUT2D eigenvalue weighted by Gasteiger charge is -2.37. The van der Waals surface area contributed by atoms with Crippen LogP contribution in [0, 0.1) is 0 Å². The molecule has 1 fully saturated rings. The number of benzene rings is 1. The number of anilines is 1. The highest BCUT2D eigenvalue weighted by atomic mass is 79.9. The second-order valence-electron chi connectivity index (χ2n) is 4.97. The molecule has 2 N–H and O–H groups in total. The third-order valence-corrected chi connectivity index (χ3v) is 4.40. The molecule has 0 aliphatic heterocycles. The summed E-state index contributed by atoms with van der Waals surface area (Å²) in [7, 11) is 2.03. The molecule has 0 heterocycles. The maximum atomic E-state index is 10.1. The Hall–Kier alpha value is -0.580. The van der Waals surface area contributed by atoms with Crippen LogP contribution in [0.2, 0.25) is 0 Å². The highest BCUT2D eigenvalue weighted by molar-refractivity contribution is 9.10. The summed E-state index contributed by atoms with van der Waals surface area (Å²) < 4.78 is 0.967. The summed E-state index contributed by atoms with van der Waals surface area (Å²) in [4.78, 5) is 2.15. The lowest BCUT2D eigenvalue weighted by atomic mass is 9.91. The Morgan fingerprint density at radius 2 is 2.06 bits per heavy atom. The molecule has 1 aliphatic carbocycles. The molecule has 1 aromatic carbocycles. The largest absolute Gasteiger partial charge is 0.392 e. The van der Waals surface area contributed by atoms with Crippen molar-refractivity contribution in [3.8, 4) is 0 Å². The number of rotatable bonds is 3. The van der Waals surface area contributed by atoms with Crippen molar-refractivity contribution in [3.05, 3.63) is 28.2 Å². The minimum absolute atomic E-state index is 0.0502. The zero-order valence-corrected chi connectivity index (χ0v) is 12.2. The van der Waals surface area contributed by atoms with Gasteiger partial charge in [-0.3, -0.25) is 0 Å². The number of hydrogen-bond acceptors (Lipinski definition) is 3. The van der Waals surface area contributed by atoms with Crippen LogP contribution in [0.5, 0.6) is 0 Å². The van der Waals surface area contributed by atoms with Crippen LogP contribution in [0.3, 0.4) is 0 Å². The predicted octanol–water partition coefficient (Wildman–Crippen LogP) is 2.68.